The van der Waals surface area contributed by atoms with Gasteiger partial charge in [0.25, 0.3) is 0 Å². The molecular formula is C11H12F2O2. The summed E-state index contributed by atoms with van der Waals surface area (Å²) in [6.07, 6.45) is -0.627. The maximum absolute atomic E-state index is 13.6. The van der Waals surface area contributed by atoms with Gasteiger partial charge in [0.1, 0.15) is 11.6 Å². The van der Waals surface area contributed by atoms with Crippen LogP contribution in [0.5, 0.6) is 0 Å². The molecule has 1 N–H and O–H groups in total. The zero-order valence-corrected chi connectivity index (χ0v) is 8.55. The lowest BCUT2D eigenvalue weighted by Gasteiger charge is -2.10. The van der Waals surface area contributed by atoms with E-state index in [2.05, 4.69) is 0 Å². The Kier molecular flexibility index (Phi) is 3.39. The second-order valence-corrected chi connectivity index (χ2v) is 3.65. The minimum absolute atomic E-state index is 0.0989. The van der Waals surface area contributed by atoms with Gasteiger partial charge in [-0.1, -0.05) is 19.9 Å². The van der Waals surface area contributed by atoms with E-state index in [0.717, 1.165) is 6.07 Å². The van der Waals surface area contributed by atoms with Crippen molar-refractivity contribution in [3.8, 4) is 0 Å². The molecule has 4 heteroatoms. The number of hydrogen-bond donors (Lipinski definition) is 1. The molecule has 1 aromatic carbocycles. The summed E-state index contributed by atoms with van der Waals surface area (Å²) in [4.78, 5) is 10.4. The van der Waals surface area contributed by atoms with E-state index in [-0.39, 0.29) is 11.5 Å². The van der Waals surface area contributed by atoms with Crippen LogP contribution in [-0.2, 0) is 11.2 Å². The van der Waals surface area contributed by atoms with E-state index in [1.165, 1.54) is 6.07 Å². The molecule has 82 valence electrons. The molecule has 0 atom stereocenters. The molecule has 0 unspecified atom stereocenters. The van der Waals surface area contributed by atoms with Crippen LogP contribution in [0.25, 0.3) is 0 Å². The number of aliphatic carboxylic acids is 1. The van der Waals surface area contributed by atoms with Crippen molar-refractivity contribution >= 4 is 5.97 Å². The standard InChI is InChI=1S/C11H12F2O2/c1-6(2)7-3-4-9(12)8(11(7)13)5-10(14)15/h3-4,6H,5H2,1-2H3,(H,14,15). The lowest BCUT2D eigenvalue weighted by molar-refractivity contribution is -0.136. The predicted octanol–water partition coefficient (Wildman–Crippen LogP) is 2.72. The first-order chi connectivity index (χ1) is 6.93. The molecule has 0 fully saturated rings. The van der Waals surface area contributed by atoms with Gasteiger partial charge < -0.3 is 5.11 Å². The molecule has 0 saturated heterocycles. The van der Waals surface area contributed by atoms with Crippen molar-refractivity contribution < 1.29 is 18.7 Å². The van der Waals surface area contributed by atoms with Crippen molar-refractivity contribution in [2.75, 3.05) is 0 Å². The van der Waals surface area contributed by atoms with E-state index in [0.29, 0.717) is 5.56 Å². The summed E-state index contributed by atoms with van der Waals surface area (Å²) in [7, 11) is 0. The normalized spacial score (nSPS) is 10.7. The molecule has 0 aliphatic heterocycles. The van der Waals surface area contributed by atoms with Crippen LogP contribution in [0.15, 0.2) is 12.1 Å². The molecule has 0 amide bonds. The lowest BCUT2D eigenvalue weighted by Crippen LogP contribution is -2.08. The van der Waals surface area contributed by atoms with Crippen molar-refractivity contribution in [3.63, 3.8) is 0 Å². The Morgan fingerprint density at radius 3 is 2.47 bits per heavy atom. The van der Waals surface area contributed by atoms with Gasteiger partial charge in [0.05, 0.1) is 6.42 Å². The summed E-state index contributed by atoms with van der Waals surface area (Å²) in [5.74, 6) is -2.89. The summed E-state index contributed by atoms with van der Waals surface area (Å²) in [5, 5.41) is 8.51. The highest BCUT2D eigenvalue weighted by molar-refractivity contribution is 5.70. The van der Waals surface area contributed by atoms with Gasteiger partial charge in [-0.25, -0.2) is 8.78 Å². The molecular weight excluding hydrogens is 202 g/mol. The Morgan fingerprint density at radius 1 is 1.40 bits per heavy atom. The Hall–Kier alpha value is -1.45. The first kappa shape index (κ1) is 11.6. The van der Waals surface area contributed by atoms with Crippen LogP contribution in [0.3, 0.4) is 0 Å². The first-order valence-electron chi connectivity index (χ1n) is 4.62. The summed E-state index contributed by atoms with van der Waals surface area (Å²) in [6, 6.07) is 2.46. The molecule has 1 rings (SSSR count). The van der Waals surface area contributed by atoms with E-state index in [9.17, 15) is 13.6 Å². The average Bonchev–Trinajstić information content (AvgIpc) is 2.11. The van der Waals surface area contributed by atoms with Gasteiger partial charge in [0, 0.05) is 5.56 Å². The Morgan fingerprint density at radius 2 is 2.00 bits per heavy atom. The van der Waals surface area contributed by atoms with Gasteiger partial charge in [-0.15, -0.1) is 0 Å². The molecule has 0 saturated carbocycles. The molecule has 0 bridgehead atoms. The van der Waals surface area contributed by atoms with Crippen LogP contribution >= 0.6 is 0 Å². The topological polar surface area (TPSA) is 37.3 Å². The minimum Gasteiger partial charge on any atom is -0.481 e. The molecule has 0 radical (unpaired) electrons. The Balaban J connectivity index is 3.23. The number of benzene rings is 1. The van der Waals surface area contributed by atoms with Gasteiger partial charge in [0.15, 0.2) is 0 Å². The van der Waals surface area contributed by atoms with Crippen LogP contribution < -0.4 is 0 Å². The van der Waals surface area contributed by atoms with E-state index >= 15 is 0 Å². The number of hydrogen-bond acceptors (Lipinski definition) is 1. The Labute approximate surface area is 86.5 Å². The van der Waals surface area contributed by atoms with Crippen LogP contribution in [0.2, 0.25) is 0 Å². The fourth-order valence-corrected chi connectivity index (χ4v) is 1.37. The van der Waals surface area contributed by atoms with E-state index in [1.54, 1.807) is 13.8 Å². The minimum atomic E-state index is -1.24. The molecule has 0 heterocycles. The zero-order valence-electron chi connectivity index (χ0n) is 8.55. The average molecular weight is 214 g/mol. The third kappa shape index (κ3) is 2.52. The maximum Gasteiger partial charge on any atom is 0.308 e. The molecule has 0 aliphatic rings. The molecule has 15 heavy (non-hydrogen) atoms. The lowest BCUT2D eigenvalue weighted by atomic mass is 9.98. The number of carbonyl (C=O) groups is 1. The van der Waals surface area contributed by atoms with E-state index in [1.807, 2.05) is 0 Å². The van der Waals surface area contributed by atoms with E-state index < -0.39 is 24.0 Å². The van der Waals surface area contributed by atoms with Crippen molar-refractivity contribution in [2.45, 2.75) is 26.2 Å². The van der Waals surface area contributed by atoms with Gasteiger partial charge >= 0.3 is 5.97 Å². The largest absolute Gasteiger partial charge is 0.481 e. The number of carboxylic acids is 1. The quantitative estimate of drug-likeness (QED) is 0.839. The number of rotatable bonds is 3. The van der Waals surface area contributed by atoms with Crippen molar-refractivity contribution in [3.05, 3.63) is 34.9 Å². The van der Waals surface area contributed by atoms with Crippen LogP contribution in [0.1, 0.15) is 30.9 Å². The van der Waals surface area contributed by atoms with Gasteiger partial charge in [-0.3, -0.25) is 4.79 Å². The van der Waals surface area contributed by atoms with Gasteiger partial charge in [0.2, 0.25) is 0 Å². The maximum atomic E-state index is 13.6. The van der Waals surface area contributed by atoms with Gasteiger partial charge in [-0.2, -0.15) is 0 Å². The summed E-state index contributed by atoms with van der Waals surface area (Å²) in [6.45, 7) is 3.53. The summed E-state index contributed by atoms with van der Waals surface area (Å²) in [5.41, 5.74) is -0.0265. The predicted molar refractivity (Wildman–Crippen MR) is 51.8 cm³/mol. The first-order valence-corrected chi connectivity index (χ1v) is 4.62. The number of carboxylic acid groups (broad SMARTS) is 1. The molecule has 1 aromatic rings. The highest BCUT2D eigenvalue weighted by Gasteiger charge is 2.17. The van der Waals surface area contributed by atoms with Crippen LogP contribution in [0, 0.1) is 11.6 Å². The Bertz CT molecular complexity index is 386. The second-order valence-electron chi connectivity index (χ2n) is 3.65. The fourth-order valence-electron chi connectivity index (χ4n) is 1.37. The third-order valence-corrected chi connectivity index (χ3v) is 2.17. The molecule has 0 spiro atoms. The van der Waals surface area contributed by atoms with Crippen molar-refractivity contribution in [2.24, 2.45) is 0 Å². The third-order valence-electron chi connectivity index (χ3n) is 2.17. The highest BCUT2D eigenvalue weighted by atomic mass is 19.1. The summed E-state index contributed by atoms with van der Waals surface area (Å²) >= 11 is 0. The highest BCUT2D eigenvalue weighted by Crippen LogP contribution is 2.23. The van der Waals surface area contributed by atoms with Crippen LogP contribution in [-0.4, -0.2) is 11.1 Å². The SMILES string of the molecule is CC(C)c1ccc(F)c(CC(=O)O)c1F. The monoisotopic (exact) mass is 214 g/mol. The van der Waals surface area contributed by atoms with Crippen molar-refractivity contribution in [1.29, 1.82) is 0 Å². The molecule has 0 aliphatic carbocycles. The number of halogens is 2. The smallest absolute Gasteiger partial charge is 0.308 e. The second kappa shape index (κ2) is 4.38. The zero-order chi connectivity index (χ0) is 11.6. The van der Waals surface area contributed by atoms with E-state index in [4.69, 9.17) is 5.11 Å². The van der Waals surface area contributed by atoms with Crippen LogP contribution in [0.4, 0.5) is 8.78 Å². The molecule has 2 nitrogen and oxygen atoms in total. The van der Waals surface area contributed by atoms with Crippen molar-refractivity contribution in [1.82, 2.24) is 0 Å². The fraction of sp³-hybridized carbons (Fsp3) is 0.364. The van der Waals surface area contributed by atoms with Gasteiger partial charge in [-0.05, 0) is 17.5 Å². The molecule has 0 aromatic heterocycles. The summed E-state index contributed by atoms with van der Waals surface area (Å²) < 4.78 is 26.8.